The molecule has 1 atom stereocenters. The lowest BCUT2D eigenvalue weighted by Gasteiger charge is -2.28. The Labute approximate surface area is 108 Å². The van der Waals surface area contributed by atoms with Gasteiger partial charge in [0.2, 0.25) is 0 Å². The molecule has 0 spiro atoms. The molecular weight excluding hydrogens is 230 g/mol. The summed E-state index contributed by atoms with van der Waals surface area (Å²) < 4.78 is 11.0. The van der Waals surface area contributed by atoms with E-state index in [-0.39, 0.29) is 5.92 Å². The molecule has 1 aliphatic heterocycles. The zero-order chi connectivity index (χ0) is 13.2. The second-order valence-corrected chi connectivity index (χ2v) is 5.22. The Kier molecular flexibility index (Phi) is 3.66. The molecule has 0 amide bonds. The first-order valence-corrected chi connectivity index (χ1v) is 6.35. The van der Waals surface area contributed by atoms with Crippen molar-refractivity contribution in [3.05, 3.63) is 18.2 Å². The van der Waals surface area contributed by atoms with Crippen molar-refractivity contribution < 1.29 is 14.6 Å². The number of benzene rings is 1. The van der Waals surface area contributed by atoms with Crippen LogP contribution in [0.3, 0.4) is 0 Å². The highest BCUT2D eigenvalue weighted by molar-refractivity contribution is 5.55. The summed E-state index contributed by atoms with van der Waals surface area (Å²) in [5.41, 5.74) is 0.202. The standard InChI is InChI=1S/C14H21NO3/c1-10(2)14(3,16)9-15-11-4-5-12-13(8-11)18-7-6-17-12/h4-5,8,10,15-16H,6-7,9H2,1-3H3. The quantitative estimate of drug-likeness (QED) is 0.862. The molecule has 0 saturated heterocycles. The number of hydrogen-bond acceptors (Lipinski definition) is 4. The highest BCUT2D eigenvalue weighted by atomic mass is 16.6. The van der Waals surface area contributed by atoms with E-state index < -0.39 is 5.60 Å². The Morgan fingerprint density at radius 2 is 1.94 bits per heavy atom. The highest BCUT2D eigenvalue weighted by Crippen LogP contribution is 2.32. The molecule has 4 nitrogen and oxygen atoms in total. The predicted molar refractivity (Wildman–Crippen MR) is 71.4 cm³/mol. The monoisotopic (exact) mass is 251 g/mol. The molecule has 18 heavy (non-hydrogen) atoms. The molecule has 1 heterocycles. The summed E-state index contributed by atoms with van der Waals surface area (Å²) in [5.74, 6) is 1.74. The normalized spacial score (nSPS) is 17.4. The fourth-order valence-electron chi connectivity index (χ4n) is 1.64. The third kappa shape index (κ3) is 2.88. The second-order valence-electron chi connectivity index (χ2n) is 5.22. The number of nitrogens with one attached hydrogen (secondary N) is 1. The van der Waals surface area contributed by atoms with E-state index >= 15 is 0 Å². The molecule has 2 N–H and O–H groups in total. The number of aliphatic hydroxyl groups is 1. The van der Waals surface area contributed by atoms with Gasteiger partial charge < -0.3 is 19.9 Å². The van der Waals surface area contributed by atoms with Gasteiger partial charge in [-0.25, -0.2) is 0 Å². The minimum atomic E-state index is -0.729. The fourth-order valence-corrected chi connectivity index (χ4v) is 1.64. The number of anilines is 1. The minimum Gasteiger partial charge on any atom is -0.486 e. The SMILES string of the molecule is CC(C)C(C)(O)CNc1ccc2c(c1)OCCO2. The zero-order valence-electron chi connectivity index (χ0n) is 11.2. The molecular formula is C14H21NO3. The van der Waals surface area contributed by atoms with E-state index in [0.717, 1.165) is 17.2 Å². The fraction of sp³-hybridized carbons (Fsp3) is 0.571. The van der Waals surface area contributed by atoms with E-state index in [1.165, 1.54) is 0 Å². The van der Waals surface area contributed by atoms with Gasteiger partial charge >= 0.3 is 0 Å². The third-order valence-corrected chi connectivity index (χ3v) is 3.44. The van der Waals surface area contributed by atoms with Gasteiger partial charge in [-0.3, -0.25) is 0 Å². The molecule has 100 valence electrons. The van der Waals surface area contributed by atoms with Crippen LogP contribution in [0.15, 0.2) is 18.2 Å². The summed E-state index contributed by atoms with van der Waals surface area (Å²) in [6.07, 6.45) is 0. The molecule has 1 aromatic carbocycles. The van der Waals surface area contributed by atoms with Gasteiger partial charge in [-0.15, -0.1) is 0 Å². The summed E-state index contributed by atoms with van der Waals surface area (Å²) in [4.78, 5) is 0. The van der Waals surface area contributed by atoms with Gasteiger partial charge in [0, 0.05) is 18.3 Å². The largest absolute Gasteiger partial charge is 0.486 e. The molecule has 0 radical (unpaired) electrons. The maximum atomic E-state index is 10.2. The summed E-state index contributed by atoms with van der Waals surface area (Å²) in [7, 11) is 0. The molecule has 0 saturated carbocycles. The molecule has 2 rings (SSSR count). The molecule has 0 aromatic heterocycles. The van der Waals surface area contributed by atoms with Crippen LogP contribution in [0.25, 0.3) is 0 Å². The third-order valence-electron chi connectivity index (χ3n) is 3.44. The minimum absolute atomic E-state index is 0.196. The first-order valence-electron chi connectivity index (χ1n) is 6.35. The molecule has 0 fully saturated rings. The van der Waals surface area contributed by atoms with Crippen LogP contribution in [0.2, 0.25) is 0 Å². The van der Waals surface area contributed by atoms with Gasteiger partial charge in [-0.2, -0.15) is 0 Å². The van der Waals surface area contributed by atoms with E-state index in [1.54, 1.807) is 0 Å². The second kappa shape index (κ2) is 5.06. The van der Waals surface area contributed by atoms with Crippen LogP contribution >= 0.6 is 0 Å². The lowest BCUT2D eigenvalue weighted by molar-refractivity contribution is 0.0266. The summed E-state index contributed by atoms with van der Waals surface area (Å²) in [6.45, 7) is 7.53. The van der Waals surface area contributed by atoms with Crippen LogP contribution in [0.5, 0.6) is 11.5 Å². The van der Waals surface area contributed by atoms with Crippen molar-refractivity contribution in [1.82, 2.24) is 0 Å². The van der Waals surface area contributed by atoms with Gasteiger partial charge in [0.15, 0.2) is 11.5 Å². The van der Waals surface area contributed by atoms with Gasteiger partial charge in [-0.05, 0) is 25.0 Å². The zero-order valence-corrected chi connectivity index (χ0v) is 11.2. The Morgan fingerprint density at radius 3 is 2.61 bits per heavy atom. The lowest BCUT2D eigenvalue weighted by atomic mass is 9.92. The molecule has 1 aliphatic rings. The van der Waals surface area contributed by atoms with Crippen LogP contribution in [0.4, 0.5) is 5.69 Å². The summed E-state index contributed by atoms with van der Waals surface area (Å²) in [6, 6.07) is 5.73. The number of ether oxygens (including phenoxy) is 2. The van der Waals surface area contributed by atoms with Crippen molar-refractivity contribution in [2.24, 2.45) is 5.92 Å². The topological polar surface area (TPSA) is 50.7 Å². The van der Waals surface area contributed by atoms with Crippen molar-refractivity contribution in [2.75, 3.05) is 25.1 Å². The van der Waals surface area contributed by atoms with E-state index in [2.05, 4.69) is 5.32 Å². The van der Waals surface area contributed by atoms with Gasteiger partial charge in [0.25, 0.3) is 0 Å². The first-order chi connectivity index (χ1) is 8.49. The Balaban J connectivity index is 2.02. The highest BCUT2D eigenvalue weighted by Gasteiger charge is 2.24. The van der Waals surface area contributed by atoms with Crippen molar-refractivity contribution in [3.63, 3.8) is 0 Å². The summed E-state index contributed by atoms with van der Waals surface area (Å²) in [5, 5.41) is 13.4. The lowest BCUT2D eigenvalue weighted by Crippen LogP contribution is -2.38. The maximum Gasteiger partial charge on any atom is 0.163 e. The molecule has 0 aliphatic carbocycles. The van der Waals surface area contributed by atoms with Crippen LogP contribution < -0.4 is 14.8 Å². The van der Waals surface area contributed by atoms with E-state index in [0.29, 0.717) is 19.8 Å². The first kappa shape index (κ1) is 13.0. The predicted octanol–water partition coefficient (Wildman–Crippen LogP) is 2.28. The molecule has 1 aromatic rings. The Hall–Kier alpha value is -1.42. The Bertz CT molecular complexity index is 416. The van der Waals surface area contributed by atoms with E-state index in [1.807, 2.05) is 39.0 Å². The number of rotatable bonds is 4. The molecule has 0 bridgehead atoms. The maximum absolute atomic E-state index is 10.2. The molecule has 4 heteroatoms. The summed E-state index contributed by atoms with van der Waals surface area (Å²) >= 11 is 0. The van der Waals surface area contributed by atoms with E-state index in [4.69, 9.17) is 9.47 Å². The molecule has 1 unspecified atom stereocenters. The van der Waals surface area contributed by atoms with Gasteiger partial charge in [-0.1, -0.05) is 13.8 Å². The number of hydrogen-bond donors (Lipinski definition) is 2. The van der Waals surface area contributed by atoms with Crippen LogP contribution in [0.1, 0.15) is 20.8 Å². The average molecular weight is 251 g/mol. The van der Waals surface area contributed by atoms with Gasteiger partial charge in [0.05, 0.1) is 5.60 Å². The van der Waals surface area contributed by atoms with Crippen LogP contribution in [-0.2, 0) is 0 Å². The van der Waals surface area contributed by atoms with Crippen LogP contribution in [-0.4, -0.2) is 30.5 Å². The van der Waals surface area contributed by atoms with Crippen LogP contribution in [0, 0.1) is 5.92 Å². The number of fused-ring (bicyclic) bond motifs is 1. The van der Waals surface area contributed by atoms with E-state index in [9.17, 15) is 5.11 Å². The Morgan fingerprint density at radius 1 is 1.28 bits per heavy atom. The smallest absolute Gasteiger partial charge is 0.163 e. The van der Waals surface area contributed by atoms with Crippen molar-refractivity contribution in [1.29, 1.82) is 0 Å². The average Bonchev–Trinajstić information content (AvgIpc) is 2.36. The van der Waals surface area contributed by atoms with Gasteiger partial charge in [0.1, 0.15) is 13.2 Å². The van der Waals surface area contributed by atoms with Crippen molar-refractivity contribution in [2.45, 2.75) is 26.4 Å². The van der Waals surface area contributed by atoms with Crippen molar-refractivity contribution >= 4 is 5.69 Å². The van der Waals surface area contributed by atoms with Crippen molar-refractivity contribution in [3.8, 4) is 11.5 Å².